The maximum Gasteiger partial charge on any atom is 0.261 e. The molecular formula is C24H28N4O5S. The van der Waals surface area contributed by atoms with Gasteiger partial charge >= 0.3 is 0 Å². The molecule has 2 amide bonds. The van der Waals surface area contributed by atoms with Crippen molar-refractivity contribution in [3.8, 4) is 11.5 Å². The van der Waals surface area contributed by atoms with Crippen LogP contribution in [0.5, 0.6) is 11.5 Å². The average molecular weight is 485 g/mol. The van der Waals surface area contributed by atoms with Gasteiger partial charge in [0.05, 0.1) is 29.0 Å². The largest absolute Gasteiger partial charge is 0.455 e. The molecule has 0 aliphatic heterocycles. The van der Waals surface area contributed by atoms with Crippen LogP contribution in [0.4, 0.5) is 0 Å². The number of ether oxygens (including phenoxy) is 1. The van der Waals surface area contributed by atoms with E-state index in [9.17, 15) is 9.59 Å². The number of nitrogens with one attached hydrogen (secondary N) is 2. The Labute approximate surface area is 201 Å². The van der Waals surface area contributed by atoms with Crippen LogP contribution in [0.2, 0.25) is 0 Å². The molecule has 0 aliphatic rings. The zero-order valence-electron chi connectivity index (χ0n) is 18.9. The second-order valence-corrected chi connectivity index (χ2v) is 8.41. The van der Waals surface area contributed by atoms with Crippen LogP contribution in [0.3, 0.4) is 0 Å². The van der Waals surface area contributed by atoms with Gasteiger partial charge in [-0.3, -0.25) is 19.5 Å². The number of aromatic nitrogens is 1. The molecule has 0 saturated carbocycles. The maximum atomic E-state index is 12.0. The second-order valence-electron chi connectivity index (χ2n) is 7.32. The van der Waals surface area contributed by atoms with Gasteiger partial charge in [0.25, 0.3) is 5.91 Å². The molecule has 34 heavy (non-hydrogen) atoms. The Bertz CT molecular complexity index is 1120. The Morgan fingerprint density at radius 1 is 1.12 bits per heavy atom. The molecule has 0 spiro atoms. The lowest BCUT2D eigenvalue weighted by atomic mass is 10.2. The smallest absolute Gasteiger partial charge is 0.261 e. The van der Waals surface area contributed by atoms with Gasteiger partial charge in [0.1, 0.15) is 5.75 Å². The normalized spacial score (nSPS) is 11.3. The lowest BCUT2D eigenvalue weighted by Crippen LogP contribution is -2.37. The fraction of sp³-hybridized carbons (Fsp3) is 0.292. The first-order valence-electron chi connectivity index (χ1n) is 10.8. The average Bonchev–Trinajstić information content (AvgIpc) is 3.29. The number of nitrogens with zero attached hydrogens (tertiary/aromatic N) is 2. The molecule has 0 saturated heterocycles. The van der Waals surface area contributed by atoms with Gasteiger partial charge in [-0.2, -0.15) is 0 Å². The minimum atomic E-state index is -0.226. The third-order valence-corrected chi connectivity index (χ3v) is 6.02. The molecule has 0 bridgehead atoms. The summed E-state index contributed by atoms with van der Waals surface area (Å²) in [7, 11) is 1.59. The van der Waals surface area contributed by atoms with Crippen molar-refractivity contribution < 1.29 is 24.5 Å². The van der Waals surface area contributed by atoms with Crippen molar-refractivity contribution >= 4 is 39.3 Å². The van der Waals surface area contributed by atoms with Gasteiger partial charge in [-0.05, 0) is 29.8 Å². The fourth-order valence-corrected chi connectivity index (χ4v) is 4.20. The summed E-state index contributed by atoms with van der Waals surface area (Å²) in [5.74, 6) is 0.787. The van der Waals surface area contributed by atoms with E-state index in [-0.39, 0.29) is 25.0 Å². The van der Waals surface area contributed by atoms with Crippen LogP contribution in [-0.2, 0) is 4.79 Å². The number of thiophene rings is 1. The predicted octanol–water partition coefficient (Wildman–Crippen LogP) is 1.86. The number of aliphatic hydroxyl groups is 2. The number of carbonyl (C=O) groups excluding carboxylic acids is 2. The third kappa shape index (κ3) is 7.09. The summed E-state index contributed by atoms with van der Waals surface area (Å²) in [5, 5.41) is 24.2. The summed E-state index contributed by atoms with van der Waals surface area (Å²) in [6, 6.07) is 9.05. The molecule has 9 nitrogen and oxygen atoms in total. The number of amides is 2. The van der Waals surface area contributed by atoms with Gasteiger partial charge in [0, 0.05) is 50.9 Å². The molecular weight excluding hydrogens is 456 g/mol. The molecule has 2 aromatic heterocycles. The second kappa shape index (κ2) is 12.8. The first-order chi connectivity index (χ1) is 16.5. The van der Waals surface area contributed by atoms with Crippen molar-refractivity contribution in [2.24, 2.45) is 0 Å². The highest BCUT2D eigenvalue weighted by Crippen LogP contribution is 2.34. The number of benzene rings is 1. The Morgan fingerprint density at radius 2 is 1.85 bits per heavy atom. The van der Waals surface area contributed by atoms with E-state index >= 15 is 0 Å². The predicted molar refractivity (Wildman–Crippen MR) is 132 cm³/mol. The molecule has 2 heterocycles. The van der Waals surface area contributed by atoms with Crippen LogP contribution in [0.1, 0.15) is 15.2 Å². The summed E-state index contributed by atoms with van der Waals surface area (Å²) in [4.78, 5) is 30.6. The SMILES string of the molecule is CNC(=O)c1cc2c(Oc3ccc(/C=C/C(=O)NCCN(CCO)CCO)cc3)cncc2s1. The van der Waals surface area contributed by atoms with Crippen molar-refractivity contribution in [1.29, 1.82) is 0 Å². The minimum Gasteiger partial charge on any atom is -0.455 e. The highest BCUT2D eigenvalue weighted by Gasteiger charge is 2.13. The molecule has 0 atom stereocenters. The summed E-state index contributed by atoms with van der Waals surface area (Å²) < 4.78 is 6.84. The fourth-order valence-electron chi connectivity index (χ4n) is 3.21. The van der Waals surface area contributed by atoms with Gasteiger partial charge in [0.2, 0.25) is 5.91 Å². The van der Waals surface area contributed by atoms with E-state index in [0.29, 0.717) is 42.6 Å². The Hall–Kier alpha value is -3.31. The highest BCUT2D eigenvalue weighted by molar-refractivity contribution is 7.20. The standard InChI is InChI=1S/C24H28N4O5S/c1-25-24(32)21-14-19-20(15-26-16-22(19)34-21)33-18-5-2-17(3-6-18)4-7-23(31)27-8-9-28(10-12-29)11-13-30/h2-7,14-16,29-30H,8-13H2,1H3,(H,25,32)(H,27,31)/b7-4+. The lowest BCUT2D eigenvalue weighted by molar-refractivity contribution is -0.116. The van der Waals surface area contributed by atoms with E-state index in [1.807, 2.05) is 17.0 Å². The highest BCUT2D eigenvalue weighted by atomic mass is 32.1. The molecule has 1 aromatic carbocycles. The zero-order valence-corrected chi connectivity index (χ0v) is 19.7. The van der Waals surface area contributed by atoms with E-state index in [1.54, 1.807) is 43.7 Å². The van der Waals surface area contributed by atoms with Crippen LogP contribution < -0.4 is 15.4 Å². The van der Waals surface area contributed by atoms with E-state index in [2.05, 4.69) is 15.6 Å². The lowest BCUT2D eigenvalue weighted by Gasteiger charge is -2.19. The third-order valence-electron chi connectivity index (χ3n) is 4.96. The maximum absolute atomic E-state index is 12.0. The van der Waals surface area contributed by atoms with Crippen molar-refractivity contribution in [1.82, 2.24) is 20.5 Å². The van der Waals surface area contributed by atoms with Gasteiger partial charge in [-0.15, -0.1) is 11.3 Å². The van der Waals surface area contributed by atoms with E-state index < -0.39 is 0 Å². The molecule has 4 N–H and O–H groups in total. The minimum absolute atomic E-state index is 0.00350. The molecule has 3 rings (SSSR count). The van der Waals surface area contributed by atoms with Crippen LogP contribution >= 0.6 is 11.3 Å². The topological polar surface area (TPSA) is 124 Å². The van der Waals surface area contributed by atoms with Crippen LogP contribution in [-0.4, -0.2) is 78.4 Å². The first-order valence-corrected chi connectivity index (χ1v) is 11.6. The van der Waals surface area contributed by atoms with Gasteiger partial charge in [-0.25, -0.2) is 0 Å². The van der Waals surface area contributed by atoms with Crippen molar-refractivity contribution in [3.63, 3.8) is 0 Å². The molecule has 0 unspecified atom stereocenters. The van der Waals surface area contributed by atoms with Crippen LogP contribution in [0.15, 0.2) is 48.8 Å². The quantitative estimate of drug-likeness (QED) is 0.289. The van der Waals surface area contributed by atoms with E-state index in [4.69, 9.17) is 14.9 Å². The number of pyridine rings is 1. The Kier molecular flexibility index (Phi) is 9.53. The molecule has 0 radical (unpaired) electrons. The first kappa shape index (κ1) is 25.3. The Balaban J connectivity index is 1.56. The van der Waals surface area contributed by atoms with Crippen molar-refractivity contribution in [3.05, 3.63) is 59.2 Å². The van der Waals surface area contributed by atoms with Crippen LogP contribution in [0.25, 0.3) is 16.2 Å². The summed E-state index contributed by atoms with van der Waals surface area (Å²) >= 11 is 1.35. The number of rotatable bonds is 12. The Morgan fingerprint density at radius 3 is 2.53 bits per heavy atom. The van der Waals surface area contributed by atoms with E-state index in [0.717, 1.165) is 15.6 Å². The van der Waals surface area contributed by atoms with Gasteiger partial charge in [-0.1, -0.05) is 12.1 Å². The van der Waals surface area contributed by atoms with Crippen molar-refractivity contribution in [2.45, 2.75) is 0 Å². The van der Waals surface area contributed by atoms with Gasteiger partial charge in [0.15, 0.2) is 5.75 Å². The molecule has 0 fully saturated rings. The number of fused-ring (bicyclic) bond motifs is 1. The summed E-state index contributed by atoms with van der Waals surface area (Å²) in [6.45, 7) is 1.87. The van der Waals surface area contributed by atoms with Crippen molar-refractivity contribution in [2.75, 3.05) is 46.4 Å². The molecule has 10 heteroatoms. The summed E-state index contributed by atoms with van der Waals surface area (Å²) in [5.41, 5.74) is 0.832. The van der Waals surface area contributed by atoms with Gasteiger partial charge < -0.3 is 25.6 Å². The molecule has 0 aliphatic carbocycles. The number of aliphatic hydroxyl groups excluding tert-OH is 2. The number of carbonyl (C=O) groups is 2. The zero-order chi connectivity index (χ0) is 24.3. The molecule has 3 aromatic rings. The number of hydrogen-bond acceptors (Lipinski definition) is 8. The number of hydrogen-bond donors (Lipinski definition) is 4. The molecule has 180 valence electrons. The summed E-state index contributed by atoms with van der Waals surface area (Å²) in [6.07, 6.45) is 6.47. The van der Waals surface area contributed by atoms with Crippen LogP contribution in [0, 0.1) is 0 Å². The monoisotopic (exact) mass is 484 g/mol. The van der Waals surface area contributed by atoms with E-state index in [1.165, 1.54) is 17.4 Å².